The molecule has 152 valence electrons. The van der Waals surface area contributed by atoms with Crippen LogP contribution >= 0.6 is 11.3 Å². The molecule has 0 aliphatic rings. The van der Waals surface area contributed by atoms with Gasteiger partial charge in [-0.3, -0.25) is 9.59 Å². The van der Waals surface area contributed by atoms with E-state index in [0.29, 0.717) is 17.1 Å². The summed E-state index contributed by atoms with van der Waals surface area (Å²) in [5.74, 6) is -0.500. The molecule has 1 heterocycles. The summed E-state index contributed by atoms with van der Waals surface area (Å²) in [7, 11) is 1.67. The number of amides is 1. The van der Waals surface area contributed by atoms with E-state index in [0.717, 1.165) is 0 Å². The molecule has 0 spiro atoms. The van der Waals surface area contributed by atoms with Crippen molar-refractivity contribution in [1.29, 1.82) is 0 Å². The van der Waals surface area contributed by atoms with Crippen LogP contribution < -0.4 is 0 Å². The fourth-order valence-corrected chi connectivity index (χ4v) is 3.46. The second kappa shape index (κ2) is 9.30. The first kappa shape index (κ1) is 23.1. The van der Waals surface area contributed by atoms with Crippen molar-refractivity contribution in [1.82, 2.24) is 9.88 Å². The van der Waals surface area contributed by atoms with Gasteiger partial charge in [-0.05, 0) is 26.7 Å². The Morgan fingerprint density at radius 1 is 1.22 bits per heavy atom. The average Bonchev–Trinajstić information content (AvgIpc) is 2.98. The Bertz CT molecular complexity index is 678. The topological polar surface area (TPSA) is 85.8 Å². The number of hydrogen-bond donors (Lipinski definition) is 0. The van der Waals surface area contributed by atoms with Gasteiger partial charge in [-0.25, -0.2) is 9.78 Å². The maximum Gasteiger partial charge on any atom is 0.410 e. The Labute approximate surface area is 165 Å². The number of rotatable bonds is 7. The summed E-state index contributed by atoms with van der Waals surface area (Å²) in [4.78, 5) is 41.4. The number of hydrogen-bond acceptors (Lipinski definition) is 7. The van der Waals surface area contributed by atoms with E-state index in [9.17, 15) is 14.4 Å². The Morgan fingerprint density at radius 3 is 2.22 bits per heavy atom. The maximum atomic E-state index is 12.5. The predicted octanol–water partition coefficient (Wildman–Crippen LogP) is 4.23. The summed E-state index contributed by atoms with van der Waals surface area (Å²) >= 11 is 1.27. The molecule has 0 saturated carbocycles. The molecule has 1 unspecified atom stereocenters. The van der Waals surface area contributed by atoms with Gasteiger partial charge < -0.3 is 14.4 Å². The zero-order valence-corrected chi connectivity index (χ0v) is 18.2. The number of aromatic nitrogens is 1. The van der Waals surface area contributed by atoms with Gasteiger partial charge in [0.1, 0.15) is 16.3 Å². The first-order chi connectivity index (χ1) is 12.3. The fraction of sp³-hybridized carbons (Fsp3) is 0.684. The molecule has 1 aromatic rings. The summed E-state index contributed by atoms with van der Waals surface area (Å²) in [6, 6.07) is -0.242. The van der Waals surface area contributed by atoms with Crippen molar-refractivity contribution in [2.24, 2.45) is 5.92 Å². The molecule has 0 aromatic carbocycles. The second-order valence-electron chi connectivity index (χ2n) is 7.86. The molecule has 0 fully saturated rings. The van der Waals surface area contributed by atoms with Gasteiger partial charge in [0.05, 0.1) is 0 Å². The van der Waals surface area contributed by atoms with Crippen LogP contribution in [0.3, 0.4) is 0 Å². The summed E-state index contributed by atoms with van der Waals surface area (Å²) in [5.41, 5.74) is -0.262. The lowest BCUT2D eigenvalue weighted by Gasteiger charge is -2.34. The van der Waals surface area contributed by atoms with Gasteiger partial charge in [-0.1, -0.05) is 13.8 Å². The van der Waals surface area contributed by atoms with E-state index in [1.54, 1.807) is 12.4 Å². The number of ether oxygens (including phenoxy) is 2. The van der Waals surface area contributed by atoms with Gasteiger partial charge in [0.2, 0.25) is 0 Å². The highest BCUT2D eigenvalue weighted by atomic mass is 32.1. The van der Waals surface area contributed by atoms with Crippen LogP contribution in [0.5, 0.6) is 0 Å². The van der Waals surface area contributed by atoms with Crippen LogP contribution in [0.15, 0.2) is 5.38 Å². The molecule has 0 bridgehead atoms. The molecule has 0 N–H and O–H groups in total. The number of Topliss-reactive ketones (excluding diaryl/α,β-unsaturated/α-hetero) is 1. The van der Waals surface area contributed by atoms with Crippen molar-refractivity contribution in [2.75, 3.05) is 7.05 Å². The third-order valence-corrected chi connectivity index (χ3v) is 4.81. The van der Waals surface area contributed by atoms with E-state index in [1.807, 2.05) is 34.6 Å². The van der Waals surface area contributed by atoms with Gasteiger partial charge in [-0.2, -0.15) is 0 Å². The molecular weight excluding hydrogens is 368 g/mol. The van der Waals surface area contributed by atoms with Crippen LogP contribution in [0.1, 0.15) is 76.5 Å². The Morgan fingerprint density at radius 2 is 1.81 bits per heavy atom. The molecule has 7 nitrogen and oxygen atoms in total. The minimum atomic E-state index is -0.641. The van der Waals surface area contributed by atoms with Crippen LogP contribution in [-0.2, 0) is 14.3 Å². The lowest BCUT2D eigenvalue weighted by Crippen LogP contribution is -2.44. The largest absolute Gasteiger partial charge is 0.455 e. The van der Waals surface area contributed by atoms with Crippen LogP contribution in [0.25, 0.3) is 0 Å². The third kappa shape index (κ3) is 7.28. The summed E-state index contributed by atoms with van der Waals surface area (Å²) in [5, 5.41) is 2.19. The first-order valence-corrected chi connectivity index (χ1v) is 9.79. The highest BCUT2D eigenvalue weighted by Gasteiger charge is 2.32. The van der Waals surface area contributed by atoms with E-state index in [2.05, 4.69) is 4.98 Å². The van der Waals surface area contributed by atoms with Gasteiger partial charge in [-0.15, -0.1) is 11.3 Å². The van der Waals surface area contributed by atoms with E-state index in [4.69, 9.17) is 9.47 Å². The molecule has 0 saturated heterocycles. The highest BCUT2D eigenvalue weighted by Crippen LogP contribution is 2.30. The van der Waals surface area contributed by atoms with E-state index >= 15 is 0 Å². The first-order valence-electron chi connectivity index (χ1n) is 8.91. The summed E-state index contributed by atoms with van der Waals surface area (Å²) in [6.07, 6.45) is -0.720. The zero-order valence-electron chi connectivity index (χ0n) is 17.4. The SMILES string of the molecule is CC(=O)O[C@H](CC(C(C)C)N(C)C(=O)OC(C)(C)C)c1nc(C(C)=O)cs1. The quantitative estimate of drug-likeness (QED) is 0.505. The minimum absolute atomic E-state index is 0.0906. The number of ketones is 1. The van der Waals surface area contributed by atoms with Crippen molar-refractivity contribution in [3.05, 3.63) is 16.1 Å². The Balaban J connectivity index is 3.07. The molecule has 2 atom stereocenters. The smallest absolute Gasteiger partial charge is 0.410 e. The van der Waals surface area contributed by atoms with Crippen molar-refractivity contribution < 1.29 is 23.9 Å². The Kier molecular flexibility index (Phi) is 7.95. The number of thiazole rings is 1. The van der Waals surface area contributed by atoms with Crippen LogP contribution in [-0.4, -0.2) is 46.4 Å². The van der Waals surface area contributed by atoms with Crippen LogP contribution in [0.2, 0.25) is 0 Å². The van der Waals surface area contributed by atoms with Crippen LogP contribution in [0.4, 0.5) is 4.79 Å². The highest BCUT2D eigenvalue weighted by molar-refractivity contribution is 7.09. The monoisotopic (exact) mass is 398 g/mol. The fourth-order valence-electron chi connectivity index (χ4n) is 2.56. The molecule has 1 amide bonds. The predicted molar refractivity (Wildman–Crippen MR) is 104 cm³/mol. The maximum absolute atomic E-state index is 12.5. The van der Waals surface area contributed by atoms with Gasteiger partial charge >= 0.3 is 12.1 Å². The van der Waals surface area contributed by atoms with Crippen LogP contribution in [0, 0.1) is 5.92 Å². The van der Waals surface area contributed by atoms with Crippen molar-refractivity contribution in [2.45, 2.75) is 72.6 Å². The zero-order chi connectivity index (χ0) is 20.9. The lowest BCUT2D eigenvalue weighted by atomic mass is 9.96. The normalized spacial score (nSPS) is 13.8. The van der Waals surface area contributed by atoms with Crippen molar-refractivity contribution >= 4 is 29.2 Å². The number of esters is 1. The van der Waals surface area contributed by atoms with E-state index < -0.39 is 23.8 Å². The average molecular weight is 399 g/mol. The minimum Gasteiger partial charge on any atom is -0.455 e. The van der Waals surface area contributed by atoms with Gasteiger partial charge in [0, 0.05) is 38.7 Å². The molecule has 0 aliphatic carbocycles. The van der Waals surface area contributed by atoms with E-state index in [-0.39, 0.29) is 17.7 Å². The summed E-state index contributed by atoms with van der Waals surface area (Å²) < 4.78 is 10.9. The molecule has 8 heteroatoms. The van der Waals surface area contributed by atoms with E-state index in [1.165, 1.54) is 30.1 Å². The van der Waals surface area contributed by atoms with Crippen molar-refractivity contribution in [3.63, 3.8) is 0 Å². The molecule has 1 rings (SSSR count). The molecule has 0 radical (unpaired) electrons. The van der Waals surface area contributed by atoms with Crippen molar-refractivity contribution in [3.8, 4) is 0 Å². The number of nitrogens with zero attached hydrogens (tertiary/aromatic N) is 2. The lowest BCUT2D eigenvalue weighted by molar-refractivity contribution is -0.147. The third-order valence-electron chi connectivity index (χ3n) is 3.87. The molecule has 27 heavy (non-hydrogen) atoms. The molecular formula is C19H30N2O5S. The standard InChI is InChI=1S/C19H30N2O5S/c1-11(2)15(21(8)18(24)26-19(5,6)7)9-16(25-13(4)23)17-20-14(10-27-17)12(3)22/h10-11,15-16H,9H2,1-8H3/t15?,16-/m1/s1. The van der Waals surface area contributed by atoms with Gasteiger partial charge in [0.15, 0.2) is 11.9 Å². The Hall–Kier alpha value is -1.96. The molecule has 0 aliphatic heterocycles. The number of carbonyl (C=O) groups excluding carboxylic acids is 3. The van der Waals surface area contributed by atoms with Gasteiger partial charge in [0.25, 0.3) is 0 Å². The summed E-state index contributed by atoms with van der Waals surface area (Å²) in [6.45, 7) is 12.2. The molecule has 1 aromatic heterocycles. The number of carbonyl (C=O) groups is 3. The second-order valence-corrected chi connectivity index (χ2v) is 8.75.